The number of carbonyl (C=O) groups excluding carboxylic acids is 1. The van der Waals surface area contributed by atoms with Crippen LogP contribution in [0, 0.1) is 5.82 Å². The fourth-order valence-electron chi connectivity index (χ4n) is 3.18. The molecule has 2 atom stereocenters. The zero-order valence-electron chi connectivity index (χ0n) is 14.7. The van der Waals surface area contributed by atoms with E-state index in [0.717, 1.165) is 17.7 Å². The van der Waals surface area contributed by atoms with Crippen LogP contribution in [-0.4, -0.2) is 31.2 Å². The van der Waals surface area contributed by atoms with Crippen LogP contribution in [0.5, 0.6) is 0 Å². The number of rotatable bonds is 5. The summed E-state index contributed by atoms with van der Waals surface area (Å²) in [6.07, 6.45) is 1.04. The van der Waals surface area contributed by atoms with Crippen LogP contribution in [0.25, 0.3) is 0 Å². The summed E-state index contributed by atoms with van der Waals surface area (Å²) in [7, 11) is -3.87. The highest BCUT2D eigenvalue weighted by Gasteiger charge is 2.39. The molecule has 0 aliphatic carbocycles. The molecule has 2 unspecified atom stereocenters. The first kappa shape index (κ1) is 19.8. The number of carbonyl (C=O) groups is 1. The predicted octanol–water partition coefficient (Wildman–Crippen LogP) is 3.51. The van der Waals surface area contributed by atoms with Crippen molar-refractivity contribution < 1.29 is 17.6 Å². The van der Waals surface area contributed by atoms with Crippen molar-refractivity contribution >= 4 is 27.5 Å². The van der Waals surface area contributed by atoms with Gasteiger partial charge in [0.15, 0.2) is 0 Å². The van der Waals surface area contributed by atoms with Gasteiger partial charge in [0.2, 0.25) is 15.9 Å². The number of amides is 1. The van der Waals surface area contributed by atoms with Gasteiger partial charge in [-0.3, -0.25) is 4.79 Å². The summed E-state index contributed by atoms with van der Waals surface area (Å²) in [5.41, 5.74) is 0.874. The van der Waals surface area contributed by atoms with Gasteiger partial charge in [-0.2, -0.15) is 4.31 Å². The maximum absolute atomic E-state index is 13.1. The summed E-state index contributed by atoms with van der Waals surface area (Å²) in [5, 5.41) is 3.47. The van der Waals surface area contributed by atoms with Crippen LogP contribution < -0.4 is 5.32 Å². The number of nitrogens with zero attached hydrogens (tertiary/aromatic N) is 1. The summed E-state index contributed by atoms with van der Waals surface area (Å²) >= 11 is 5.88. The summed E-state index contributed by atoms with van der Waals surface area (Å²) in [6, 6.07) is 10.7. The van der Waals surface area contributed by atoms with Gasteiger partial charge in [-0.25, -0.2) is 12.8 Å². The molecule has 27 heavy (non-hydrogen) atoms. The topological polar surface area (TPSA) is 66.5 Å². The smallest absolute Gasteiger partial charge is 0.243 e. The number of hydrogen-bond donors (Lipinski definition) is 1. The molecule has 1 heterocycles. The van der Waals surface area contributed by atoms with Crippen molar-refractivity contribution in [2.24, 2.45) is 0 Å². The van der Waals surface area contributed by atoms with Crippen LogP contribution in [0.1, 0.15) is 31.4 Å². The Balaban J connectivity index is 1.76. The fraction of sp³-hybridized carbons (Fsp3) is 0.316. The lowest BCUT2D eigenvalue weighted by atomic mass is 10.1. The highest BCUT2D eigenvalue weighted by Crippen LogP contribution is 2.27. The van der Waals surface area contributed by atoms with Crippen molar-refractivity contribution in [1.29, 1.82) is 0 Å². The van der Waals surface area contributed by atoms with E-state index >= 15 is 0 Å². The Morgan fingerprint density at radius 3 is 2.44 bits per heavy atom. The van der Waals surface area contributed by atoms with Crippen molar-refractivity contribution in [2.45, 2.75) is 36.7 Å². The zero-order valence-corrected chi connectivity index (χ0v) is 16.3. The van der Waals surface area contributed by atoms with Crippen molar-refractivity contribution in [3.63, 3.8) is 0 Å². The molecule has 1 N–H and O–H groups in total. The van der Waals surface area contributed by atoms with Crippen LogP contribution in [-0.2, 0) is 14.8 Å². The lowest BCUT2D eigenvalue weighted by Crippen LogP contribution is -2.46. The molecule has 0 bridgehead atoms. The predicted molar refractivity (Wildman–Crippen MR) is 101 cm³/mol. The van der Waals surface area contributed by atoms with Gasteiger partial charge < -0.3 is 5.32 Å². The van der Waals surface area contributed by atoms with Crippen molar-refractivity contribution in [1.82, 2.24) is 9.62 Å². The maximum Gasteiger partial charge on any atom is 0.243 e. The molecule has 3 rings (SSSR count). The lowest BCUT2D eigenvalue weighted by Gasteiger charge is -2.25. The average Bonchev–Trinajstić information content (AvgIpc) is 3.13. The van der Waals surface area contributed by atoms with Crippen LogP contribution in [0.2, 0.25) is 5.02 Å². The van der Waals surface area contributed by atoms with Crippen molar-refractivity contribution in [3.05, 3.63) is 64.9 Å². The van der Waals surface area contributed by atoms with Crippen LogP contribution >= 0.6 is 11.6 Å². The van der Waals surface area contributed by atoms with Gasteiger partial charge in [-0.1, -0.05) is 23.7 Å². The molecule has 2 aromatic rings. The molecular formula is C19H20ClFN2O3S. The van der Waals surface area contributed by atoms with E-state index in [4.69, 9.17) is 11.6 Å². The Morgan fingerprint density at radius 1 is 1.19 bits per heavy atom. The first-order chi connectivity index (χ1) is 12.8. The molecule has 0 aromatic heterocycles. The third-order valence-corrected chi connectivity index (χ3v) is 6.83. The Morgan fingerprint density at radius 2 is 1.81 bits per heavy atom. The second-order valence-electron chi connectivity index (χ2n) is 6.51. The largest absolute Gasteiger partial charge is 0.348 e. The van der Waals surface area contributed by atoms with E-state index in [-0.39, 0.29) is 23.4 Å². The van der Waals surface area contributed by atoms with Gasteiger partial charge in [0.1, 0.15) is 11.9 Å². The number of nitrogens with one attached hydrogen (secondary N) is 1. The normalized spacial score (nSPS) is 19.0. The van der Waals surface area contributed by atoms with Gasteiger partial charge in [-0.05, 0) is 61.7 Å². The molecule has 144 valence electrons. The molecule has 0 spiro atoms. The molecule has 8 heteroatoms. The van der Waals surface area contributed by atoms with E-state index < -0.39 is 21.9 Å². The molecule has 5 nitrogen and oxygen atoms in total. The Labute approximate surface area is 163 Å². The lowest BCUT2D eigenvalue weighted by molar-refractivity contribution is -0.124. The molecule has 1 amide bonds. The van der Waals surface area contributed by atoms with Gasteiger partial charge in [0.05, 0.1) is 10.9 Å². The first-order valence-electron chi connectivity index (χ1n) is 8.62. The third kappa shape index (κ3) is 4.31. The van der Waals surface area contributed by atoms with E-state index in [2.05, 4.69) is 5.32 Å². The summed E-state index contributed by atoms with van der Waals surface area (Å²) in [4.78, 5) is 12.7. The maximum atomic E-state index is 13.1. The standard InChI is InChI=1S/C19H20ClFN2O3S/c1-13(14-4-6-15(20)7-5-14)22-19(24)18-3-2-12-23(18)27(25,26)17-10-8-16(21)9-11-17/h4-11,13,18H,2-3,12H2,1H3,(H,22,24). The zero-order chi connectivity index (χ0) is 19.6. The number of hydrogen-bond acceptors (Lipinski definition) is 3. The molecule has 1 saturated heterocycles. The van der Waals surface area contributed by atoms with Crippen molar-refractivity contribution in [3.8, 4) is 0 Å². The summed E-state index contributed by atoms with van der Waals surface area (Å²) in [5.74, 6) is -0.859. The minimum atomic E-state index is -3.87. The Kier molecular flexibility index (Phi) is 5.83. The SMILES string of the molecule is CC(NC(=O)C1CCCN1S(=O)(=O)c1ccc(F)cc1)c1ccc(Cl)cc1. The number of sulfonamides is 1. The molecule has 0 radical (unpaired) electrons. The first-order valence-corrected chi connectivity index (χ1v) is 10.4. The van der Waals surface area contributed by atoms with Crippen LogP contribution in [0.4, 0.5) is 4.39 Å². The molecule has 1 aliphatic heterocycles. The van der Waals surface area contributed by atoms with Gasteiger partial charge >= 0.3 is 0 Å². The Bertz CT molecular complexity index is 917. The second-order valence-corrected chi connectivity index (χ2v) is 8.84. The monoisotopic (exact) mass is 410 g/mol. The van der Waals surface area contributed by atoms with E-state index in [1.807, 2.05) is 19.1 Å². The molecule has 1 fully saturated rings. The van der Waals surface area contributed by atoms with E-state index in [9.17, 15) is 17.6 Å². The quantitative estimate of drug-likeness (QED) is 0.820. The highest BCUT2D eigenvalue weighted by atomic mass is 35.5. The summed E-state index contributed by atoms with van der Waals surface area (Å²) < 4.78 is 40.0. The van der Waals surface area contributed by atoms with Crippen molar-refractivity contribution in [2.75, 3.05) is 6.54 Å². The van der Waals surface area contributed by atoms with E-state index in [1.54, 1.807) is 12.1 Å². The fourth-order valence-corrected chi connectivity index (χ4v) is 4.96. The summed E-state index contributed by atoms with van der Waals surface area (Å²) in [6.45, 7) is 2.09. The number of benzene rings is 2. The van der Waals surface area contributed by atoms with Crippen LogP contribution in [0.3, 0.4) is 0 Å². The number of halogens is 2. The minimum Gasteiger partial charge on any atom is -0.348 e. The van der Waals surface area contributed by atoms with Gasteiger partial charge in [0.25, 0.3) is 0 Å². The van der Waals surface area contributed by atoms with Gasteiger partial charge in [-0.15, -0.1) is 0 Å². The Hall–Kier alpha value is -1.96. The van der Waals surface area contributed by atoms with Gasteiger partial charge in [0, 0.05) is 11.6 Å². The highest BCUT2D eigenvalue weighted by molar-refractivity contribution is 7.89. The average molecular weight is 411 g/mol. The molecule has 1 aliphatic rings. The van der Waals surface area contributed by atoms with E-state index in [1.165, 1.54) is 16.4 Å². The minimum absolute atomic E-state index is 0.0191. The molecular weight excluding hydrogens is 391 g/mol. The van der Waals surface area contributed by atoms with Crippen LogP contribution in [0.15, 0.2) is 53.4 Å². The third-order valence-electron chi connectivity index (χ3n) is 4.66. The van der Waals surface area contributed by atoms with E-state index in [0.29, 0.717) is 17.9 Å². The molecule has 0 saturated carbocycles. The second kappa shape index (κ2) is 7.96. The molecule has 2 aromatic carbocycles.